The third kappa shape index (κ3) is 1.94. The number of hydrogen-bond donors (Lipinski definition) is 0. The van der Waals surface area contributed by atoms with E-state index >= 15 is 0 Å². The predicted octanol–water partition coefficient (Wildman–Crippen LogP) is 2.39. The normalized spacial score (nSPS) is 10.3. The minimum atomic E-state index is -0.0510. The molecular formula is C11H10N2OS. The van der Waals surface area contributed by atoms with Gasteiger partial charge in [-0.3, -0.25) is 4.79 Å². The quantitative estimate of drug-likeness (QED) is 0.727. The fraction of sp³-hybridized carbons (Fsp3) is 0.182. The molecule has 1 aromatic carbocycles. The van der Waals surface area contributed by atoms with Crippen LogP contribution in [0.1, 0.15) is 27.2 Å². The van der Waals surface area contributed by atoms with Gasteiger partial charge in [0.05, 0.1) is 17.9 Å². The summed E-state index contributed by atoms with van der Waals surface area (Å²) in [6, 6.07) is 5.82. The fourth-order valence-electron chi connectivity index (χ4n) is 1.38. The van der Waals surface area contributed by atoms with Gasteiger partial charge in [0.1, 0.15) is 5.69 Å². The molecule has 0 unspecified atom stereocenters. The number of carbonyl (C=O) groups excluding carboxylic acids is 1. The first-order valence-corrected chi connectivity index (χ1v) is 5.31. The van der Waals surface area contributed by atoms with Crippen molar-refractivity contribution in [2.24, 2.45) is 0 Å². The van der Waals surface area contributed by atoms with Crippen LogP contribution in [0.3, 0.4) is 0 Å². The lowest BCUT2D eigenvalue weighted by Crippen LogP contribution is -2.04. The number of aryl methyl sites for hydroxylation is 2. The third-order valence-electron chi connectivity index (χ3n) is 2.23. The molecule has 0 fully saturated rings. The van der Waals surface area contributed by atoms with Crippen LogP contribution < -0.4 is 0 Å². The SMILES string of the molecule is Cc1ccc(C)c(C(=O)c2cnsn2)c1. The third-order valence-corrected chi connectivity index (χ3v) is 2.71. The molecular weight excluding hydrogens is 208 g/mol. The minimum Gasteiger partial charge on any atom is -0.287 e. The number of aromatic nitrogens is 2. The van der Waals surface area contributed by atoms with Gasteiger partial charge < -0.3 is 0 Å². The molecule has 0 aliphatic carbocycles. The zero-order valence-electron chi connectivity index (χ0n) is 8.52. The summed E-state index contributed by atoms with van der Waals surface area (Å²) in [5.41, 5.74) is 3.18. The minimum absolute atomic E-state index is 0.0510. The lowest BCUT2D eigenvalue weighted by atomic mass is 10.0. The molecule has 1 aromatic heterocycles. The number of benzene rings is 1. The Morgan fingerprint density at radius 3 is 2.80 bits per heavy atom. The Labute approximate surface area is 92.1 Å². The average Bonchev–Trinajstić information content (AvgIpc) is 2.74. The summed E-state index contributed by atoms with van der Waals surface area (Å²) >= 11 is 1.05. The molecule has 0 radical (unpaired) electrons. The van der Waals surface area contributed by atoms with E-state index in [1.165, 1.54) is 6.20 Å². The number of rotatable bonds is 2. The van der Waals surface area contributed by atoms with E-state index < -0.39 is 0 Å². The lowest BCUT2D eigenvalue weighted by Gasteiger charge is -2.03. The largest absolute Gasteiger partial charge is 0.287 e. The van der Waals surface area contributed by atoms with Gasteiger partial charge in [0.15, 0.2) is 0 Å². The number of carbonyl (C=O) groups is 1. The first kappa shape index (κ1) is 9.98. The second-order valence-electron chi connectivity index (χ2n) is 3.44. The predicted molar refractivity (Wildman–Crippen MR) is 59.3 cm³/mol. The zero-order valence-corrected chi connectivity index (χ0v) is 9.34. The molecule has 3 nitrogen and oxygen atoms in total. The molecule has 15 heavy (non-hydrogen) atoms. The van der Waals surface area contributed by atoms with E-state index in [2.05, 4.69) is 8.75 Å². The van der Waals surface area contributed by atoms with Crippen LogP contribution in [-0.2, 0) is 0 Å². The van der Waals surface area contributed by atoms with E-state index in [9.17, 15) is 4.79 Å². The van der Waals surface area contributed by atoms with Gasteiger partial charge in [-0.15, -0.1) is 0 Å². The highest BCUT2D eigenvalue weighted by molar-refractivity contribution is 6.99. The molecule has 0 aliphatic heterocycles. The monoisotopic (exact) mass is 218 g/mol. The van der Waals surface area contributed by atoms with Crippen molar-refractivity contribution in [1.29, 1.82) is 0 Å². The summed E-state index contributed by atoms with van der Waals surface area (Å²) in [6.45, 7) is 3.89. The van der Waals surface area contributed by atoms with Gasteiger partial charge in [-0.2, -0.15) is 8.75 Å². The molecule has 0 aliphatic rings. The van der Waals surface area contributed by atoms with Gasteiger partial charge in [-0.05, 0) is 25.5 Å². The zero-order chi connectivity index (χ0) is 10.8. The maximum Gasteiger partial charge on any atom is 0.214 e. The Hall–Kier alpha value is -1.55. The van der Waals surface area contributed by atoms with Gasteiger partial charge >= 0.3 is 0 Å². The summed E-state index contributed by atoms with van der Waals surface area (Å²) in [4.78, 5) is 12.0. The molecule has 76 valence electrons. The highest BCUT2D eigenvalue weighted by Gasteiger charge is 2.13. The maximum absolute atomic E-state index is 12.0. The van der Waals surface area contributed by atoms with Gasteiger partial charge in [-0.25, -0.2) is 0 Å². The molecule has 0 amide bonds. The summed E-state index contributed by atoms with van der Waals surface area (Å²) in [5.74, 6) is -0.0510. The van der Waals surface area contributed by atoms with Crippen molar-refractivity contribution in [2.75, 3.05) is 0 Å². The van der Waals surface area contributed by atoms with E-state index in [1.807, 2.05) is 32.0 Å². The Morgan fingerprint density at radius 2 is 2.13 bits per heavy atom. The molecule has 0 atom stereocenters. The first-order valence-electron chi connectivity index (χ1n) is 4.58. The summed E-state index contributed by atoms with van der Waals surface area (Å²) in [7, 11) is 0. The van der Waals surface area contributed by atoms with E-state index in [0.29, 0.717) is 11.3 Å². The Kier molecular flexibility index (Phi) is 2.60. The van der Waals surface area contributed by atoms with Crippen LogP contribution in [0.5, 0.6) is 0 Å². The standard InChI is InChI=1S/C11H10N2OS/c1-7-3-4-8(2)9(5-7)11(14)10-6-12-15-13-10/h3-6H,1-2H3. The smallest absolute Gasteiger partial charge is 0.214 e. The van der Waals surface area contributed by atoms with E-state index in [1.54, 1.807) is 0 Å². The van der Waals surface area contributed by atoms with Gasteiger partial charge in [0.2, 0.25) is 5.78 Å². The van der Waals surface area contributed by atoms with Gasteiger partial charge in [-0.1, -0.05) is 17.7 Å². The Bertz CT molecular complexity index is 491. The topological polar surface area (TPSA) is 42.9 Å². The van der Waals surface area contributed by atoms with Crippen molar-refractivity contribution in [3.05, 3.63) is 46.8 Å². The van der Waals surface area contributed by atoms with Crippen molar-refractivity contribution in [2.45, 2.75) is 13.8 Å². The average molecular weight is 218 g/mol. The van der Waals surface area contributed by atoms with Crippen molar-refractivity contribution >= 4 is 17.5 Å². The fourth-order valence-corrected chi connectivity index (χ4v) is 1.80. The van der Waals surface area contributed by atoms with Gasteiger partial charge in [0, 0.05) is 5.56 Å². The van der Waals surface area contributed by atoms with E-state index in [0.717, 1.165) is 22.9 Å². The van der Waals surface area contributed by atoms with Crippen molar-refractivity contribution in [3.8, 4) is 0 Å². The molecule has 0 saturated carbocycles. The first-order chi connectivity index (χ1) is 7.18. The molecule has 0 N–H and O–H groups in total. The molecule has 2 aromatic rings. The van der Waals surface area contributed by atoms with Crippen LogP contribution >= 0.6 is 11.7 Å². The number of ketones is 1. The molecule has 2 rings (SSSR count). The van der Waals surface area contributed by atoms with Crippen LogP contribution in [-0.4, -0.2) is 14.5 Å². The van der Waals surface area contributed by atoms with Crippen LogP contribution in [0, 0.1) is 13.8 Å². The van der Waals surface area contributed by atoms with Crippen LogP contribution in [0.2, 0.25) is 0 Å². The lowest BCUT2D eigenvalue weighted by molar-refractivity contribution is 0.103. The van der Waals surface area contributed by atoms with Crippen molar-refractivity contribution in [3.63, 3.8) is 0 Å². The van der Waals surface area contributed by atoms with E-state index in [-0.39, 0.29) is 5.78 Å². The van der Waals surface area contributed by atoms with Crippen LogP contribution in [0.25, 0.3) is 0 Å². The van der Waals surface area contributed by atoms with Gasteiger partial charge in [0.25, 0.3) is 0 Å². The number of nitrogens with zero attached hydrogens (tertiary/aromatic N) is 2. The molecule has 1 heterocycles. The molecule has 0 spiro atoms. The second kappa shape index (κ2) is 3.90. The van der Waals surface area contributed by atoms with E-state index in [4.69, 9.17) is 0 Å². The van der Waals surface area contributed by atoms with Crippen molar-refractivity contribution < 1.29 is 4.79 Å². The summed E-state index contributed by atoms with van der Waals surface area (Å²) in [6.07, 6.45) is 1.51. The summed E-state index contributed by atoms with van der Waals surface area (Å²) in [5, 5.41) is 0. The maximum atomic E-state index is 12.0. The van der Waals surface area contributed by atoms with Crippen LogP contribution in [0.15, 0.2) is 24.4 Å². The molecule has 0 bridgehead atoms. The summed E-state index contributed by atoms with van der Waals surface area (Å²) < 4.78 is 7.77. The Morgan fingerprint density at radius 1 is 1.33 bits per heavy atom. The Balaban J connectivity index is 2.46. The molecule has 0 saturated heterocycles. The highest BCUT2D eigenvalue weighted by atomic mass is 32.1. The second-order valence-corrected chi connectivity index (χ2v) is 4.00. The highest BCUT2D eigenvalue weighted by Crippen LogP contribution is 2.14. The van der Waals surface area contributed by atoms with Crippen molar-refractivity contribution in [1.82, 2.24) is 8.75 Å². The molecule has 4 heteroatoms. The van der Waals surface area contributed by atoms with Crippen LogP contribution in [0.4, 0.5) is 0 Å². The number of hydrogen-bond acceptors (Lipinski definition) is 4.